The third-order valence-corrected chi connectivity index (χ3v) is 5.62. The van der Waals surface area contributed by atoms with Crippen molar-refractivity contribution in [3.05, 3.63) is 59.1 Å². The maximum atomic E-state index is 12.8. The number of halogens is 1. The van der Waals surface area contributed by atoms with Crippen LogP contribution in [0.1, 0.15) is 31.1 Å². The number of nitrogens with zero attached hydrogens (tertiary/aromatic N) is 2. The Balaban J connectivity index is 1.68. The lowest BCUT2D eigenvalue weighted by atomic mass is 10.0. The van der Waals surface area contributed by atoms with Gasteiger partial charge in [-0.1, -0.05) is 55.0 Å². The molecule has 2 aromatic carbocycles. The van der Waals surface area contributed by atoms with Crippen molar-refractivity contribution < 1.29 is 14.3 Å². The zero-order valence-corrected chi connectivity index (χ0v) is 19.0. The summed E-state index contributed by atoms with van der Waals surface area (Å²) >= 11 is 7.42. The molecule has 31 heavy (non-hydrogen) atoms. The molecule has 0 spiro atoms. The third-order valence-electron chi connectivity index (χ3n) is 4.42. The van der Waals surface area contributed by atoms with Gasteiger partial charge in [0.2, 0.25) is 11.0 Å². The van der Waals surface area contributed by atoms with Crippen LogP contribution in [0.2, 0.25) is 5.02 Å². The molecule has 1 aromatic heterocycles. The summed E-state index contributed by atoms with van der Waals surface area (Å²) < 4.78 is 5.39. The van der Waals surface area contributed by atoms with Crippen LogP contribution >= 0.6 is 22.9 Å². The highest BCUT2D eigenvalue weighted by molar-refractivity contribution is 7.18. The zero-order valence-electron chi connectivity index (χ0n) is 17.4. The molecule has 3 aromatic rings. The predicted molar refractivity (Wildman–Crippen MR) is 123 cm³/mol. The molecule has 0 radical (unpaired) electrons. The molecule has 0 aliphatic heterocycles. The minimum absolute atomic E-state index is 0.136. The number of carbonyl (C=O) groups excluding carboxylic acids is 2. The van der Waals surface area contributed by atoms with E-state index in [1.54, 1.807) is 30.3 Å². The van der Waals surface area contributed by atoms with Gasteiger partial charge in [0, 0.05) is 11.1 Å². The van der Waals surface area contributed by atoms with Gasteiger partial charge in [0.1, 0.15) is 11.8 Å². The molecule has 0 fully saturated rings. The highest BCUT2D eigenvalue weighted by atomic mass is 35.5. The number of carbonyl (C=O) groups is 2. The van der Waals surface area contributed by atoms with E-state index < -0.39 is 6.04 Å². The Morgan fingerprint density at radius 3 is 2.45 bits per heavy atom. The lowest BCUT2D eigenvalue weighted by molar-refractivity contribution is -0.118. The second kappa shape index (κ2) is 10.4. The van der Waals surface area contributed by atoms with Gasteiger partial charge in [-0.3, -0.25) is 14.9 Å². The van der Waals surface area contributed by atoms with Crippen molar-refractivity contribution in [2.24, 2.45) is 5.92 Å². The standard InChI is InChI=1S/C22H23ClN4O3S/c1-4-30-15-11-9-14(10-12-15)19(28)24-18(13(2)3)20(29)25-22-27-26-21(31-22)16-7-5-6-8-17(16)23/h5-13,18H,4H2,1-3H3,(H,24,28)(H,25,27,29). The first kappa shape index (κ1) is 22.7. The van der Waals surface area contributed by atoms with E-state index in [0.717, 1.165) is 5.56 Å². The Morgan fingerprint density at radius 2 is 1.81 bits per heavy atom. The molecule has 162 valence electrons. The predicted octanol–water partition coefficient (Wildman–Crippen LogP) is 4.65. The summed E-state index contributed by atoms with van der Waals surface area (Å²) in [7, 11) is 0. The molecule has 2 amide bonds. The van der Waals surface area contributed by atoms with Crippen LogP contribution in [0.25, 0.3) is 10.6 Å². The van der Waals surface area contributed by atoms with Crippen LogP contribution in [0.15, 0.2) is 48.5 Å². The summed E-state index contributed by atoms with van der Waals surface area (Å²) in [6.07, 6.45) is 0. The molecule has 7 nitrogen and oxygen atoms in total. The molecule has 3 rings (SSSR count). The number of nitrogens with one attached hydrogen (secondary N) is 2. The van der Waals surface area contributed by atoms with Crippen LogP contribution in [0.5, 0.6) is 5.75 Å². The third kappa shape index (κ3) is 5.80. The number of hydrogen-bond acceptors (Lipinski definition) is 6. The molecule has 1 atom stereocenters. The first-order valence-corrected chi connectivity index (χ1v) is 11.0. The molecule has 2 N–H and O–H groups in total. The van der Waals surface area contributed by atoms with E-state index >= 15 is 0 Å². The summed E-state index contributed by atoms with van der Waals surface area (Å²) in [6.45, 7) is 6.16. The Bertz CT molecular complexity index is 1050. The minimum atomic E-state index is -0.744. The van der Waals surface area contributed by atoms with Gasteiger partial charge in [0.15, 0.2) is 5.01 Å². The molecule has 0 aliphatic carbocycles. The van der Waals surface area contributed by atoms with Gasteiger partial charge < -0.3 is 10.1 Å². The van der Waals surface area contributed by atoms with E-state index in [4.69, 9.17) is 16.3 Å². The van der Waals surface area contributed by atoms with E-state index in [1.807, 2.05) is 39.0 Å². The van der Waals surface area contributed by atoms with Crippen LogP contribution in [-0.2, 0) is 4.79 Å². The van der Waals surface area contributed by atoms with E-state index in [9.17, 15) is 9.59 Å². The van der Waals surface area contributed by atoms with E-state index in [2.05, 4.69) is 20.8 Å². The number of amides is 2. The minimum Gasteiger partial charge on any atom is -0.494 e. The van der Waals surface area contributed by atoms with Crippen molar-refractivity contribution in [2.45, 2.75) is 26.8 Å². The zero-order chi connectivity index (χ0) is 22.4. The Morgan fingerprint density at radius 1 is 1.10 bits per heavy atom. The fraction of sp³-hybridized carbons (Fsp3) is 0.273. The number of anilines is 1. The van der Waals surface area contributed by atoms with Crippen LogP contribution in [0, 0.1) is 5.92 Å². The lowest BCUT2D eigenvalue weighted by Gasteiger charge is -2.21. The summed E-state index contributed by atoms with van der Waals surface area (Å²) in [5.41, 5.74) is 1.19. The van der Waals surface area contributed by atoms with E-state index in [1.165, 1.54) is 11.3 Å². The lowest BCUT2D eigenvalue weighted by Crippen LogP contribution is -2.47. The molecular weight excluding hydrogens is 436 g/mol. The summed E-state index contributed by atoms with van der Waals surface area (Å²) in [5.74, 6) is -0.160. The van der Waals surface area contributed by atoms with Crippen molar-refractivity contribution in [3.8, 4) is 16.3 Å². The van der Waals surface area contributed by atoms with Gasteiger partial charge in [-0.15, -0.1) is 10.2 Å². The van der Waals surface area contributed by atoms with Crippen molar-refractivity contribution in [3.63, 3.8) is 0 Å². The highest BCUT2D eigenvalue weighted by Gasteiger charge is 2.26. The number of hydrogen-bond donors (Lipinski definition) is 2. The van der Waals surface area contributed by atoms with Crippen LogP contribution in [0.3, 0.4) is 0 Å². The van der Waals surface area contributed by atoms with Crippen LogP contribution in [0.4, 0.5) is 5.13 Å². The first-order chi connectivity index (χ1) is 14.9. The smallest absolute Gasteiger partial charge is 0.251 e. The molecule has 0 aliphatic rings. The van der Waals surface area contributed by atoms with E-state index in [0.29, 0.717) is 33.1 Å². The maximum absolute atomic E-state index is 12.8. The number of rotatable bonds is 8. The Labute approximate surface area is 189 Å². The fourth-order valence-corrected chi connectivity index (χ4v) is 3.90. The SMILES string of the molecule is CCOc1ccc(C(=O)NC(C(=O)Nc2nnc(-c3ccccc3Cl)s2)C(C)C)cc1. The topological polar surface area (TPSA) is 93.2 Å². The van der Waals surface area contributed by atoms with Gasteiger partial charge in [0.05, 0.1) is 11.6 Å². The Kier molecular flexibility index (Phi) is 7.59. The second-order valence-electron chi connectivity index (χ2n) is 7.03. The average molecular weight is 459 g/mol. The molecule has 0 saturated heterocycles. The molecule has 0 saturated carbocycles. The first-order valence-electron chi connectivity index (χ1n) is 9.82. The van der Waals surface area contributed by atoms with Crippen LogP contribution in [-0.4, -0.2) is 34.7 Å². The fourth-order valence-electron chi connectivity index (χ4n) is 2.83. The van der Waals surface area contributed by atoms with Crippen molar-refractivity contribution >= 4 is 39.9 Å². The van der Waals surface area contributed by atoms with Crippen LogP contribution < -0.4 is 15.4 Å². The number of benzene rings is 2. The number of ether oxygens (including phenoxy) is 1. The summed E-state index contributed by atoms with van der Waals surface area (Å²) in [5, 5.41) is 15.2. The molecule has 0 bridgehead atoms. The van der Waals surface area contributed by atoms with Gasteiger partial charge in [-0.25, -0.2) is 0 Å². The quantitative estimate of drug-likeness (QED) is 0.512. The van der Waals surface area contributed by atoms with E-state index in [-0.39, 0.29) is 17.7 Å². The molecule has 1 heterocycles. The van der Waals surface area contributed by atoms with Crippen molar-refractivity contribution in [1.82, 2.24) is 15.5 Å². The maximum Gasteiger partial charge on any atom is 0.251 e. The molecule has 9 heteroatoms. The molecular formula is C22H23ClN4O3S. The second-order valence-corrected chi connectivity index (χ2v) is 8.42. The normalized spacial score (nSPS) is 11.8. The summed E-state index contributed by atoms with van der Waals surface area (Å²) in [4.78, 5) is 25.5. The van der Waals surface area contributed by atoms with Crippen molar-refractivity contribution in [2.75, 3.05) is 11.9 Å². The summed E-state index contributed by atoms with van der Waals surface area (Å²) in [6, 6.07) is 13.3. The Hall–Kier alpha value is -2.97. The highest BCUT2D eigenvalue weighted by Crippen LogP contribution is 2.31. The van der Waals surface area contributed by atoms with Gasteiger partial charge in [0.25, 0.3) is 5.91 Å². The van der Waals surface area contributed by atoms with Gasteiger partial charge in [-0.2, -0.15) is 0 Å². The van der Waals surface area contributed by atoms with Crippen molar-refractivity contribution in [1.29, 1.82) is 0 Å². The van der Waals surface area contributed by atoms with Gasteiger partial charge in [-0.05, 0) is 43.2 Å². The monoisotopic (exact) mass is 458 g/mol. The number of aromatic nitrogens is 2. The largest absolute Gasteiger partial charge is 0.494 e. The molecule has 1 unspecified atom stereocenters. The van der Waals surface area contributed by atoms with Gasteiger partial charge >= 0.3 is 0 Å². The average Bonchev–Trinajstić information content (AvgIpc) is 3.20.